The Labute approximate surface area is 165 Å². The van der Waals surface area contributed by atoms with Gasteiger partial charge in [-0.15, -0.1) is 0 Å². The maximum absolute atomic E-state index is 12.9. The van der Waals surface area contributed by atoms with Gasteiger partial charge in [-0.2, -0.15) is 0 Å². The van der Waals surface area contributed by atoms with Crippen LogP contribution >= 0.6 is 11.6 Å². The van der Waals surface area contributed by atoms with Gasteiger partial charge < -0.3 is 0 Å². The standard InChI is InChI=1S/C22H14ClN3O2/c1-25-19-10-6-5-9-17(19)21(27)26(22(25)28)20-18(23)13-16(14-24-20)12-11-15-7-3-2-4-8-15/h2-10,13-14H,1H3. The highest BCUT2D eigenvalue weighted by Crippen LogP contribution is 2.18. The van der Waals surface area contributed by atoms with Crippen LogP contribution in [0, 0.1) is 11.8 Å². The van der Waals surface area contributed by atoms with E-state index in [1.807, 2.05) is 30.3 Å². The first kappa shape index (κ1) is 17.8. The van der Waals surface area contributed by atoms with E-state index in [4.69, 9.17) is 11.6 Å². The highest BCUT2D eigenvalue weighted by molar-refractivity contribution is 6.32. The van der Waals surface area contributed by atoms with Crippen molar-refractivity contribution in [3.8, 4) is 17.7 Å². The Balaban J connectivity index is 1.85. The SMILES string of the molecule is Cn1c(=O)n(-c2ncc(C#Cc3ccccc3)cc2Cl)c(=O)c2ccccc21. The van der Waals surface area contributed by atoms with E-state index >= 15 is 0 Å². The molecular weight excluding hydrogens is 374 g/mol. The molecular formula is C22H14ClN3O2. The van der Waals surface area contributed by atoms with Crippen LogP contribution in [0.2, 0.25) is 5.02 Å². The Bertz CT molecular complexity index is 1380. The maximum Gasteiger partial charge on any atom is 0.337 e. The maximum atomic E-state index is 12.9. The first-order valence-electron chi connectivity index (χ1n) is 8.50. The summed E-state index contributed by atoms with van der Waals surface area (Å²) >= 11 is 6.35. The van der Waals surface area contributed by atoms with Crippen LogP contribution in [0.15, 0.2) is 76.4 Å². The Kier molecular flexibility index (Phi) is 4.56. The van der Waals surface area contributed by atoms with E-state index in [1.165, 1.54) is 10.8 Å². The van der Waals surface area contributed by atoms with E-state index in [1.54, 1.807) is 37.4 Å². The summed E-state index contributed by atoms with van der Waals surface area (Å²) < 4.78 is 2.39. The number of halogens is 1. The number of fused-ring (bicyclic) bond motifs is 1. The van der Waals surface area contributed by atoms with Gasteiger partial charge in [-0.1, -0.05) is 53.8 Å². The van der Waals surface area contributed by atoms with Gasteiger partial charge in [0.1, 0.15) is 0 Å². The van der Waals surface area contributed by atoms with Crippen molar-refractivity contribution in [2.24, 2.45) is 7.05 Å². The van der Waals surface area contributed by atoms with Gasteiger partial charge in [0.2, 0.25) is 0 Å². The zero-order chi connectivity index (χ0) is 19.7. The second-order valence-electron chi connectivity index (χ2n) is 6.14. The summed E-state index contributed by atoms with van der Waals surface area (Å²) in [6.07, 6.45) is 1.50. The lowest BCUT2D eigenvalue weighted by Gasteiger charge is -2.11. The van der Waals surface area contributed by atoms with Crippen molar-refractivity contribution in [2.45, 2.75) is 0 Å². The molecule has 0 atom stereocenters. The lowest BCUT2D eigenvalue weighted by atomic mass is 10.2. The van der Waals surface area contributed by atoms with Gasteiger partial charge in [0.15, 0.2) is 5.82 Å². The molecule has 4 aromatic rings. The average Bonchev–Trinajstić information content (AvgIpc) is 2.73. The second-order valence-corrected chi connectivity index (χ2v) is 6.55. The highest BCUT2D eigenvalue weighted by Gasteiger charge is 2.15. The molecule has 0 aliphatic heterocycles. The molecule has 0 saturated heterocycles. The largest absolute Gasteiger partial charge is 0.337 e. The minimum atomic E-state index is -0.513. The summed E-state index contributed by atoms with van der Waals surface area (Å²) in [5, 5.41) is 0.588. The summed E-state index contributed by atoms with van der Waals surface area (Å²) in [7, 11) is 1.61. The molecule has 6 heteroatoms. The van der Waals surface area contributed by atoms with Gasteiger partial charge in [-0.3, -0.25) is 9.36 Å². The zero-order valence-corrected chi connectivity index (χ0v) is 15.6. The minimum Gasteiger partial charge on any atom is -0.296 e. The van der Waals surface area contributed by atoms with Gasteiger partial charge in [-0.25, -0.2) is 14.3 Å². The predicted molar refractivity (Wildman–Crippen MR) is 110 cm³/mol. The molecule has 0 aliphatic rings. The topological polar surface area (TPSA) is 56.9 Å². The number of aromatic nitrogens is 3. The van der Waals surface area contributed by atoms with E-state index in [-0.39, 0.29) is 10.8 Å². The molecule has 5 nitrogen and oxygen atoms in total. The van der Waals surface area contributed by atoms with Gasteiger partial charge in [-0.05, 0) is 30.3 Å². The number of hydrogen-bond donors (Lipinski definition) is 0. The van der Waals surface area contributed by atoms with Crippen LogP contribution in [-0.4, -0.2) is 14.1 Å². The first-order valence-corrected chi connectivity index (χ1v) is 8.88. The fraction of sp³-hybridized carbons (Fsp3) is 0.0455. The lowest BCUT2D eigenvalue weighted by molar-refractivity contribution is 0.761. The molecule has 0 spiro atoms. The number of pyridine rings is 1. The third-order valence-electron chi connectivity index (χ3n) is 4.34. The molecule has 0 unspecified atom stereocenters. The first-order chi connectivity index (χ1) is 13.6. The van der Waals surface area contributed by atoms with Crippen molar-refractivity contribution in [3.63, 3.8) is 0 Å². The van der Waals surface area contributed by atoms with Gasteiger partial charge in [0, 0.05) is 24.4 Å². The summed E-state index contributed by atoms with van der Waals surface area (Å²) in [4.78, 5) is 29.9. The van der Waals surface area contributed by atoms with E-state index in [9.17, 15) is 9.59 Å². The van der Waals surface area contributed by atoms with Crippen molar-refractivity contribution in [3.05, 3.63) is 104 Å². The molecule has 0 radical (unpaired) electrons. The zero-order valence-electron chi connectivity index (χ0n) is 14.9. The molecule has 0 fully saturated rings. The van der Waals surface area contributed by atoms with Gasteiger partial charge >= 0.3 is 5.69 Å². The monoisotopic (exact) mass is 387 g/mol. The number of aryl methyl sites for hydroxylation is 1. The third-order valence-corrected chi connectivity index (χ3v) is 4.61. The lowest BCUT2D eigenvalue weighted by Crippen LogP contribution is -2.38. The van der Waals surface area contributed by atoms with E-state index in [0.29, 0.717) is 16.5 Å². The highest BCUT2D eigenvalue weighted by atomic mass is 35.5. The van der Waals surface area contributed by atoms with E-state index in [0.717, 1.165) is 10.1 Å². The van der Waals surface area contributed by atoms with Crippen LogP contribution in [0.3, 0.4) is 0 Å². The smallest absolute Gasteiger partial charge is 0.296 e. The molecule has 28 heavy (non-hydrogen) atoms. The number of para-hydroxylation sites is 1. The van der Waals surface area contributed by atoms with Crippen molar-refractivity contribution in [1.29, 1.82) is 0 Å². The normalized spacial score (nSPS) is 10.5. The Morgan fingerprint density at radius 3 is 2.36 bits per heavy atom. The van der Waals surface area contributed by atoms with Crippen molar-refractivity contribution >= 4 is 22.5 Å². The molecule has 0 saturated carbocycles. The van der Waals surface area contributed by atoms with Crippen molar-refractivity contribution in [2.75, 3.05) is 0 Å². The van der Waals surface area contributed by atoms with Crippen LogP contribution in [-0.2, 0) is 7.05 Å². The fourth-order valence-corrected chi connectivity index (χ4v) is 3.17. The number of hydrogen-bond acceptors (Lipinski definition) is 3. The molecule has 136 valence electrons. The molecule has 0 aliphatic carbocycles. The van der Waals surface area contributed by atoms with E-state index < -0.39 is 11.2 Å². The Morgan fingerprint density at radius 2 is 1.61 bits per heavy atom. The van der Waals surface area contributed by atoms with Crippen molar-refractivity contribution < 1.29 is 0 Å². The quantitative estimate of drug-likeness (QED) is 0.471. The van der Waals surface area contributed by atoms with Crippen LogP contribution in [0.5, 0.6) is 0 Å². The van der Waals surface area contributed by atoms with Crippen LogP contribution in [0.25, 0.3) is 16.7 Å². The predicted octanol–water partition coefficient (Wildman–Crippen LogP) is 3.14. The third kappa shape index (κ3) is 3.11. The molecule has 2 aromatic carbocycles. The molecule has 0 N–H and O–H groups in total. The molecule has 0 amide bonds. The van der Waals surface area contributed by atoms with Crippen LogP contribution < -0.4 is 11.2 Å². The summed E-state index contributed by atoms with van der Waals surface area (Å²) in [6, 6.07) is 18.0. The number of rotatable bonds is 1. The average molecular weight is 388 g/mol. The fourth-order valence-electron chi connectivity index (χ4n) is 2.92. The molecule has 2 aromatic heterocycles. The summed E-state index contributed by atoms with van der Waals surface area (Å²) in [5.74, 6) is 6.09. The summed E-state index contributed by atoms with van der Waals surface area (Å²) in [6.45, 7) is 0. The van der Waals surface area contributed by atoms with Gasteiger partial charge in [0.05, 0.1) is 15.9 Å². The minimum absolute atomic E-state index is 0.0864. The van der Waals surface area contributed by atoms with E-state index in [2.05, 4.69) is 16.8 Å². The molecule has 2 heterocycles. The van der Waals surface area contributed by atoms with Crippen LogP contribution in [0.4, 0.5) is 0 Å². The number of benzene rings is 2. The molecule has 0 bridgehead atoms. The second kappa shape index (κ2) is 7.18. The Hall–Kier alpha value is -3.62. The van der Waals surface area contributed by atoms with Gasteiger partial charge in [0.25, 0.3) is 5.56 Å². The Morgan fingerprint density at radius 1 is 0.929 bits per heavy atom. The van der Waals surface area contributed by atoms with Crippen molar-refractivity contribution in [1.82, 2.24) is 14.1 Å². The summed E-state index contributed by atoms with van der Waals surface area (Å²) in [5.41, 5.74) is 1.03. The van der Waals surface area contributed by atoms with Crippen LogP contribution in [0.1, 0.15) is 11.1 Å². The molecule has 4 rings (SSSR count). The number of nitrogens with zero attached hydrogens (tertiary/aromatic N) is 3.